The van der Waals surface area contributed by atoms with Gasteiger partial charge in [-0.1, -0.05) is 6.92 Å². The molecular weight excluding hydrogens is 287 g/mol. The summed E-state index contributed by atoms with van der Waals surface area (Å²) < 4.78 is 19.1. The van der Waals surface area contributed by atoms with Crippen molar-refractivity contribution >= 4 is 5.97 Å². The first kappa shape index (κ1) is 15.9. The van der Waals surface area contributed by atoms with Crippen molar-refractivity contribution in [3.63, 3.8) is 0 Å². The molecule has 0 aliphatic carbocycles. The minimum atomic E-state index is -0.771. The summed E-state index contributed by atoms with van der Waals surface area (Å²) in [6.07, 6.45) is 0.388. The molecule has 1 atom stereocenters. The standard InChI is InChI=1S/C16H17FN2O3/c1-3-14(16(21)22-4-2)19-15(20)10-9-13(18-19)11-5-7-12(17)8-6-11/h5-10,14H,3-4H2,1-2H3/t14-/m0/s1. The van der Waals surface area contributed by atoms with E-state index < -0.39 is 12.0 Å². The van der Waals surface area contributed by atoms with Crippen molar-refractivity contribution in [2.45, 2.75) is 26.3 Å². The van der Waals surface area contributed by atoms with Crippen LogP contribution in [-0.2, 0) is 9.53 Å². The Balaban J connectivity index is 2.43. The first-order chi connectivity index (χ1) is 10.6. The molecule has 0 saturated heterocycles. The second-order valence-corrected chi connectivity index (χ2v) is 4.68. The lowest BCUT2D eigenvalue weighted by molar-refractivity contribution is -0.147. The predicted octanol–water partition coefficient (Wildman–Crippen LogP) is 2.56. The van der Waals surface area contributed by atoms with E-state index in [-0.39, 0.29) is 18.0 Å². The molecule has 1 aromatic heterocycles. The maximum Gasteiger partial charge on any atom is 0.331 e. The molecule has 116 valence electrons. The summed E-state index contributed by atoms with van der Waals surface area (Å²) in [4.78, 5) is 23.9. The van der Waals surface area contributed by atoms with Crippen LogP contribution in [0.25, 0.3) is 11.3 Å². The molecule has 0 fully saturated rings. The van der Waals surface area contributed by atoms with Crippen LogP contribution in [0, 0.1) is 5.82 Å². The second-order valence-electron chi connectivity index (χ2n) is 4.68. The fraction of sp³-hybridized carbons (Fsp3) is 0.312. The average molecular weight is 304 g/mol. The molecular formula is C16H17FN2O3. The van der Waals surface area contributed by atoms with Gasteiger partial charge in [0.1, 0.15) is 5.82 Å². The number of hydrogen-bond donors (Lipinski definition) is 0. The highest BCUT2D eigenvalue weighted by Crippen LogP contribution is 2.17. The lowest BCUT2D eigenvalue weighted by Crippen LogP contribution is -2.32. The van der Waals surface area contributed by atoms with Crippen molar-refractivity contribution in [2.24, 2.45) is 0 Å². The minimum absolute atomic E-state index is 0.238. The summed E-state index contributed by atoms with van der Waals surface area (Å²) in [5.41, 5.74) is 0.766. The molecule has 5 nitrogen and oxygen atoms in total. The van der Waals surface area contributed by atoms with Gasteiger partial charge < -0.3 is 4.74 Å². The zero-order valence-electron chi connectivity index (χ0n) is 12.5. The van der Waals surface area contributed by atoms with Crippen molar-refractivity contribution in [2.75, 3.05) is 6.61 Å². The van der Waals surface area contributed by atoms with Gasteiger partial charge in [-0.15, -0.1) is 0 Å². The van der Waals surface area contributed by atoms with Crippen LogP contribution in [-0.4, -0.2) is 22.4 Å². The second kappa shape index (κ2) is 6.98. The Morgan fingerprint density at radius 3 is 2.50 bits per heavy atom. The van der Waals surface area contributed by atoms with Crippen LogP contribution < -0.4 is 5.56 Å². The molecule has 0 amide bonds. The van der Waals surface area contributed by atoms with Crippen molar-refractivity contribution in [1.29, 1.82) is 0 Å². The fourth-order valence-electron chi connectivity index (χ4n) is 2.10. The third-order valence-corrected chi connectivity index (χ3v) is 3.21. The smallest absolute Gasteiger partial charge is 0.331 e. The molecule has 22 heavy (non-hydrogen) atoms. The molecule has 0 N–H and O–H groups in total. The number of benzene rings is 1. The van der Waals surface area contributed by atoms with Crippen LogP contribution >= 0.6 is 0 Å². The number of nitrogens with zero attached hydrogens (tertiary/aromatic N) is 2. The molecule has 0 radical (unpaired) electrons. The minimum Gasteiger partial charge on any atom is -0.464 e. The Kier molecular flexibility index (Phi) is 5.04. The fourth-order valence-corrected chi connectivity index (χ4v) is 2.10. The normalized spacial score (nSPS) is 12.0. The van der Waals surface area contributed by atoms with Crippen molar-refractivity contribution in [1.82, 2.24) is 9.78 Å². The van der Waals surface area contributed by atoms with Gasteiger partial charge in [0, 0.05) is 11.6 Å². The van der Waals surface area contributed by atoms with Gasteiger partial charge >= 0.3 is 5.97 Å². The van der Waals surface area contributed by atoms with Crippen LogP contribution in [0.15, 0.2) is 41.2 Å². The lowest BCUT2D eigenvalue weighted by atomic mass is 10.1. The Morgan fingerprint density at radius 2 is 1.91 bits per heavy atom. The SMILES string of the molecule is CCOC(=O)[C@H](CC)n1nc(-c2ccc(F)cc2)ccc1=O. The molecule has 0 bridgehead atoms. The molecule has 1 aromatic carbocycles. The number of ether oxygens (including phenoxy) is 1. The van der Waals surface area contributed by atoms with Crippen molar-refractivity contribution in [3.05, 3.63) is 52.6 Å². The summed E-state index contributed by atoms with van der Waals surface area (Å²) in [5, 5.41) is 4.23. The first-order valence-electron chi connectivity index (χ1n) is 7.09. The van der Waals surface area contributed by atoms with E-state index in [1.165, 1.54) is 18.2 Å². The number of halogens is 1. The predicted molar refractivity (Wildman–Crippen MR) is 79.9 cm³/mol. The summed E-state index contributed by atoms with van der Waals surface area (Å²) >= 11 is 0. The molecule has 2 rings (SSSR count). The largest absolute Gasteiger partial charge is 0.464 e. The van der Waals surface area contributed by atoms with Crippen molar-refractivity contribution < 1.29 is 13.9 Å². The van der Waals surface area contributed by atoms with Gasteiger partial charge in [-0.2, -0.15) is 5.10 Å². The van der Waals surface area contributed by atoms with Crippen LogP contribution in [0.2, 0.25) is 0 Å². The van der Waals surface area contributed by atoms with E-state index in [0.717, 1.165) is 4.68 Å². The van der Waals surface area contributed by atoms with Gasteiger partial charge in [0.15, 0.2) is 6.04 Å². The van der Waals surface area contributed by atoms with Gasteiger partial charge in [0.25, 0.3) is 5.56 Å². The molecule has 0 saturated carbocycles. The van der Waals surface area contributed by atoms with Crippen LogP contribution in [0.5, 0.6) is 0 Å². The topological polar surface area (TPSA) is 61.2 Å². The zero-order chi connectivity index (χ0) is 16.1. The molecule has 0 spiro atoms. The molecule has 0 aliphatic rings. The Bertz CT molecular complexity index is 710. The summed E-state index contributed by atoms with van der Waals surface area (Å²) in [7, 11) is 0. The van der Waals surface area contributed by atoms with Gasteiger partial charge in [0.2, 0.25) is 0 Å². The van der Waals surface area contributed by atoms with Crippen LogP contribution in [0.3, 0.4) is 0 Å². The highest BCUT2D eigenvalue weighted by molar-refractivity contribution is 5.74. The lowest BCUT2D eigenvalue weighted by Gasteiger charge is -2.16. The number of carbonyl (C=O) groups is 1. The van der Waals surface area contributed by atoms with Crippen LogP contribution in [0.1, 0.15) is 26.3 Å². The van der Waals surface area contributed by atoms with Gasteiger partial charge in [-0.25, -0.2) is 13.9 Å². The van der Waals surface area contributed by atoms with Crippen molar-refractivity contribution in [3.8, 4) is 11.3 Å². The molecule has 6 heteroatoms. The van der Waals surface area contributed by atoms with E-state index in [1.54, 1.807) is 32.0 Å². The highest BCUT2D eigenvalue weighted by Gasteiger charge is 2.22. The maximum absolute atomic E-state index is 13.0. The van der Waals surface area contributed by atoms with E-state index in [0.29, 0.717) is 17.7 Å². The first-order valence-corrected chi connectivity index (χ1v) is 7.09. The summed E-state index contributed by atoms with van der Waals surface area (Å²) in [6, 6.07) is 7.88. The Labute approximate surface area is 127 Å². The number of aromatic nitrogens is 2. The van der Waals surface area contributed by atoms with E-state index in [1.807, 2.05) is 0 Å². The molecule has 0 aliphatic heterocycles. The van der Waals surface area contributed by atoms with E-state index in [4.69, 9.17) is 4.74 Å². The summed E-state index contributed by atoms with van der Waals surface area (Å²) in [6.45, 7) is 3.72. The number of rotatable bonds is 5. The molecule has 1 heterocycles. The number of hydrogen-bond acceptors (Lipinski definition) is 4. The zero-order valence-corrected chi connectivity index (χ0v) is 12.5. The number of carbonyl (C=O) groups excluding carboxylic acids is 1. The van der Waals surface area contributed by atoms with E-state index in [9.17, 15) is 14.0 Å². The van der Waals surface area contributed by atoms with Gasteiger partial charge in [-0.3, -0.25) is 4.79 Å². The van der Waals surface area contributed by atoms with Crippen LogP contribution in [0.4, 0.5) is 4.39 Å². The summed E-state index contributed by atoms with van der Waals surface area (Å²) in [5.74, 6) is -0.842. The maximum atomic E-state index is 13.0. The monoisotopic (exact) mass is 304 g/mol. The molecule has 0 unspecified atom stereocenters. The number of esters is 1. The Hall–Kier alpha value is -2.50. The quantitative estimate of drug-likeness (QED) is 0.797. The average Bonchev–Trinajstić information content (AvgIpc) is 2.51. The van der Waals surface area contributed by atoms with Gasteiger partial charge in [-0.05, 0) is 43.7 Å². The highest BCUT2D eigenvalue weighted by atomic mass is 19.1. The van der Waals surface area contributed by atoms with E-state index in [2.05, 4.69) is 5.10 Å². The third-order valence-electron chi connectivity index (χ3n) is 3.21. The van der Waals surface area contributed by atoms with E-state index >= 15 is 0 Å². The third kappa shape index (κ3) is 3.39. The van der Waals surface area contributed by atoms with Gasteiger partial charge in [0.05, 0.1) is 12.3 Å². The molecule has 2 aromatic rings. The Morgan fingerprint density at radius 1 is 1.23 bits per heavy atom.